The fourth-order valence-electron chi connectivity index (χ4n) is 1.97. The van der Waals surface area contributed by atoms with Crippen LogP contribution in [-0.2, 0) is 6.54 Å². The van der Waals surface area contributed by atoms with Crippen LogP contribution in [0.5, 0.6) is 11.5 Å². The average Bonchev–Trinajstić information content (AvgIpc) is 2.59. The fourth-order valence-corrected chi connectivity index (χ4v) is 1.97. The Morgan fingerprint density at radius 1 is 1.14 bits per heavy atom. The van der Waals surface area contributed by atoms with Gasteiger partial charge in [-0.2, -0.15) is 5.26 Å². The van der Waals surface area contributed by atoms with Crippen LogP contribution in [0.2, 0.25) is 0 Å². The number of hydrogen-bond donors (Lipinski definition) is 1. The number of nitriles is 1. The van der Waals surface area contributed by atoms with E-state index in [1.54, 1.807) is 36.4 Å². The Morgan fingerprint density at radius 2 is 1.82 bits per heavy atom. The zero-order chi connectivity index (χ0) is 15.9. The molecule has 1 amide bonds. The highest BCUT2D eigenvalue weighted by Crippen LogP contribution is 2.22. The highest BCUT2D eigenvalue weighted by Gasteiger charge is 2.09. The van der Waals surface area contributed by atoms with Gasteiger partial charge in [0.05, 0.1) is 25.9 Å². The molecule has 2 aromatic rings. The van der Waals surface area contributed by atoms with Crippen molar-refractivity contribution in [1.29, 1.82) is 5.26 Å². The van der Waals surface area contributed by atoms with Gasteiger partial charge in [-0.1, -0.05) is 12.1 Å². The molecule has 0 spiro atoms. The number of nitrogens with zero attached hydrogens (tertiary/aromatic N) is 1. The third kappa shape index (κ3) is 3.76. The number of hydrogen-bond acceptors (Lipinski definition) is 4. The van der Waals surface area contributed by atoms with Crippen LogP contribution in [0, 0.1) is 11.3 Å². The molecule has 2 rings (SSSR count). The fraction of sp³-hybridized carbons (Fsp3) is 0.176. The van der Waals surface area contributed by atoms with Crippen LogP contribution in [0.15, 0.2) is 42.5 Å². The van der Waals surface area contributed by atoms with Crippen LogP contribution < -0.4 is 14.8 Å². The molecular formula is C17H16N2O3. The Balaban J connectivity index is 2.10. The maximum absolute atomic E-state index is 12.2. The van der Waals surface area contributed by atoms with Gasteiger partial charge in [0.1, 0.15) is 11.5 Å². The second-order valence-electron chi connectivity index (χ2n) is 4.60. The Labute approximate surface area is 129 Å². The number of amides is 1. The first-order chi connectivity index (χ1) is 10.7. The van der Waals surface area contributed by atoms with Crippen molar-refractivity contribution < 1.29 is 14.3 Å². The largest absolute Gasteiger partial charge is 0.497 e. The van der Waals surface area contributed by atoms with E-state index in [1.165, 1.54) is 14.2 Å². The van der Waals surface area contributed by atoms with Gasteiger partial charge in [-0.3, -0.25) is 4.79 Å². The molecule has 0 radical (unpaired) electrons. The molecule has 0 bridgehead atoms. The van der Waals surface area contributed by atoms with Crippen LogP contribution in [0.1, 0.15) is 21.5 Å². The first-order valence-corrected chi connectivity index (χ1v) is 6.66. The average molecular weight is 296 g/mol. The molecule has 0 fully saturated rings. The number of rotatable bonds is 5. The Morgan fingerprint density at radius 3 is 2.41 bits per heavy atom. The van der Waals surface area contributed by atoms with Crippen molar-refractivity contribution in [3.8, 4) is 17.6 Å². The molecule has 0 heterocycles. The summed E-state index contributed by atoms with van der Waals surface area (Å²) in [4.78, 5) is 12.2. The van der Waals surface area contributed by atoms with E-state index in [1.807, 2.05) is 6.07 Å². The van der Waals surface area contributed by atoms with Crippen molar-refractivity contribution >= 4 is 5.91 Å². The van der Waals surface area contributed by atoms with Gasteiger partial charge >= 0.3 is 0 Å². The SMILES string of the molecule is COc1cc(OC)cc(C(=O)NCc2cccc(C#N)c2)c1. The Hall–Kier alpha value is -3.00. The second-order valence-corrected chi connectivity index (χ2v) is 4.60. The molecule has 0 aliphatic heterocycles. The topological polar surface area (TPSA) is 71.3 Å². The lowest BCUT2D eigenvalue weighted by molar-refractivity contribution is 0.0950. The number of nitrogens with one attached hydrogen (secondary N) is 1. The molecule has 112 valence electrons. The first-order valence-electron chi connectivity index (χ1n) is 6.66. The highest BCUT2D eigenvalue weighted by atomic mass is 16.5. The number of ether oxygens (including phenoxy) is 2. The molecule has 5 heteroatoms. The zero-order valence-electron chi connectivity index (χ0n) is 12.4. The summed E-state index contributed by atoms with van der Waals surface area (Å²) < 4.78 is 10.3. The van der Waals surface area contributed by atoms with E-state index in [2.05, 4.69) is 11.4 Å². The Kier molecular flexibility index (Phi) is 4.99. The summed E-state index contributed by atoms with van der Waals surface area (Å²) in [6.45, 7) is 0.341. The minimum atomic E-state index is -0.237. The van der Waals surface area contributed by atoms with Crippen LogP contribution >= 0.6 is 0 Å². The van der Waals surface area contributed by atoms with Gasteiger partial charge in [-0.25, -0.2) is 0 Å². The normalized spacial score (nSPS) is 9.68. The molecule has 0 atom stereocenters. The molecular weight excluding hydrogens is 280 g/mol. The van der Waals surface area contributed by atoms with Gasteiger partial charge in [-0.05, 0) is 29.8 Å². The number of methoxy groups -OCH3 is 2. The van der Waals surface area contributed by atoms with E-state index in [0.29, 0.717) is 29.2 Å². The minimum Gasteiger partial charge on any atom is -0.497 e. The quantitative estimate of drug-likeness (QED) is 0.920. The Bertz CT molecular complexity index is 698. The predicted octanol–water partition coefficient (Wildman–Crippen LogP) is 2.51. The van der Waals surface area contributed by atoms with Gasteiger partial charge in [0, 0.05) is 18.2 Å². The van der Waals surface area contributed by atoms with Crippen molar-refractivity contribution in [2.24, 2.45) is 0 Å². The van der Waals surface area contributed by atoms with Crippen LogP contribution in [0.4, 0.5) is 0 Å². The van der Waals surface area contributed by atoms with E-state index in [4.69, 9.17) is 14.7 Å². The second kappa shape index (κ2) is 7.14. The summed E-state index contributed by atoms with van der Waals surface area (Å²) in [5, 5.41) is 11.7. The monoisotopic (exact) mass is 296 g/mol. The van der Waals surface area contributed by atoms with Crippen molar-refractivity contribution in [2.45, 2.75) is 6.54 Å². The number of benzene rings is 2. The number of carbonyl (C=O) groups excluding carboxylic acids is 1. The third-order valence-corrected chi connectivity index (χ3v) is 3.12. The van der Waals surface area contributed by atoms with Gasteiger partial charge < -0.3 is 14.8 Å². The lowest BCUT2D eigenvalue weighted by atomic mass is 10.1. The van der Waals surface area contributed by atoms with Gasteiger partial charge in [0.2, 0.25) is 0 Å². The van der Waals surface area contributed by atoms with E-state index >= 15 is 0 Å². The summed E-state index contributed by atoms with van der Waals surface area (Å²) in [6, 6.07) is 14.2. The van der Waals surface area contributed by atoms with Crippen molar-refractivity contribution in [2.75, 3.05) is 14.2 Å². The van der Waals surface area contributed by atoms with E-state index in [0.717, 1.165) is 5.56 Å². The van der Waals surface area contributed by atoms with E-state index in [9.17, 15) is 4.79 Å². The lowest BCUT2D eigenvalue weighted by Crippen LogP contribution is -2.22. The molecule has 0 aliphatic rings. The smallest absolute Gasteiger partial charge is 0.251 e. The maximum Gasteiger partial charge on any atom is 0.251 e. The molecule has 0 saturated carbocycles. The standard InChI is InChI=1S/C17H16N2O3/c1-21-15-7-14(8-16(9-15)22-2)17(20)19-11-13-5-3-4-12(6-13)10-18/h3-9H,11H2,1-2H3,(H,19,20). The third-order valence-electron chi connectivity index (χ3n) is 3.12. The first kappa shape index (κ1) is 15.4. The summed E-state index contributed by atoms with van der Waals surface area (Å²) in [7, 11) is 3.06. The van der Waals surface area contributed by atoms with E-state index in [-0.39, 0.29) is 5.91 Å². The van der Waals surface area contributed by atoms with Crippen LogP contribution in [-0.4, -0.2) is 20.1 Å². The predicted molar refractivity (Wildman–Crippen MR) is 81.9 cm³/mol. The number of carbonyl (C=O) groups is 1. The van der Waals surface area contributed by atoms with E-state index < -0.39 is 0 Å². The van der Waals surface area contributed by atoms with Gasteiger partial charge in [0.25, 0.3) is 5.91 Å². The van der Waals surface area contributed by atoms with Gasteiger partial charge in [0.15, 0.2) is 0 Å². The molecule has 2 aromatic carbocycles. The maximum atomic E-state index is 12.2. The lowest BCUT2D eigenvalue weighted by Gasteiger charge is -2.09. The molecule has 5 nitrogen and oxygen atoms in total. The molecule has 1 N–H and O–H groups in total. The molecule has 0 unspecified atom stereocenters. The highest BCUT2D eigenvalue weighted by molar-refractivity contribution is 5.95. The molecule has 0 aromatic heterocycles. The summed E-state index contributed by atoms with van der Waals surface area (Å²) >= 11 is 0. The minimum absolute atomic E-state index is 0.237. The zero-order valence-corrected chi connectivity index (χ0v) is 12.4. The molecule has 0 aliphatic carbocycles. The molecule has 0 saturated heterocycles. The van der Waals surface area contributed by atoms with Crippen LogP contribution in [0.25, 0.3) is 0 Å². The summed E-state index contributed by atoms with van der Waals surface area (Å²) in [5.41, 5.74) is 1.88. The van der Waals surface area contributed by atoms with Crippen molar-refractivity contribution in [1.82, 2.24) is 5.32 Å². The molecule has 22 heavy (non-hydrogen) atoms. The van der Waals surface area contributed by atoms with Gasteiger partial charge in [-0.15, -0.1) is 0 Å². The summed E-state index contributed by atoms with van der Waals surface area (Å²) in [6.07, 6.45) is 0. The van der Waals surface area contributed by atoms with Crippen LogP contribution in [0.3, 0.4) is 0 Å². The summed E-state index contributed by atoms with van der Waals surface area (Å²) in [5.74, 6) is 0.867. The van der Waals surface area contributed by atoms with Crippen molar-refractivity contribution in [3.05, 3.63) is 59.2 Å². The van der Waals surface area contributed by atoms with Crippen molar-refractivity contribution in [3.63, 3.8) is 0 Å².